The minimum absolute atomic E-state index is 0.927. The highest BCUT2D eigenvalue weighted by atomic mass is 32.1. The van der Waals surface area contributed by atoms with E-state index in [0.29, 0.717) is 0 Å². The first kappa shape index (κ1) is 39.3. The Labute approximate surface area is 408 Å². The van der Waals surface area contributed by atoms with Crippen LogP contribution in [0.4, 0.5) is 0 Å². The summed E-state index contributed by atoms with van der Waals surface area (Å²) in [4.78, 5) is 0. The summed E-state index contributed by atoms with van der Waals surface area (Å²) in [7, 11) is 0. The fraction of sp³-hybridized carbons (Fsp3) is 0. The number of hydrogen-bond acceptors (Lipinski definition) is 4. The molecule has 0 aliphatic rings. The first-order chi connectivity index (χ1) is 34.7. The Bertz CT molecular complexity index is 4710. The molecule has 0 aliphatic carbocycles. The molecule has 4 nitrogen and oxygen atoms in total. The fourth-order valence-corrected chi connectivity index (χ4v) is 13.6. The maximum absolute atomic E-state index is 6.23. The van der Waals surface area contributed by atoms with Crippen LogP contribution in [0.1, 0.15) is 0 Å². The van der Waals surface area contributed by atoms with Crippen LogP contribution in [0, 0.1) is 0 Å². The molecule has 10 aromatic carbocycles. The van der Waals surface area contributed by atoms with Gasteiger partial charge in [0.2, 0.25) is 0 Å². The second-order valence-electron chi connectivity index (χ2n) is 17.9. The number of rotatable bonds is 4. The topological polar surface area (TPSA) is 36.1 Å². The molecule has 16 rings (SSSR count). The smallest absolute Gasteiger partial charge is 0.136 e. The molecule has 0 spiro atoms. The Balaban J connectivity index is 0.000000126. The van der Waals surface area contributed by atoms with Crippen molar-refractivity contribution in [1.82, 2.24) is 9.13 Å². The van der Waals surface area contributed by atoms with Crippen molar-refractivity contribution < 1.29 is 8.83 Å². The molecule has 0 fully saturated rings. The molecule has 0 N–H and O–H groups in total. The molecule has 6 heterocycles. The van der Waals surface area contributed by atoms with Gasteiger partial charge in [-0.05, 0) is 101 Å². The lowest BCUT2D eigenvalue weighted by Crippen LogP contribution is -1.93. The second-order valence-corrected chi connectivity index (χ2v) is 20.0. The lowest BCUT2D eigenvalue weighted by molar-refractivity contribution is 0.668. The number of aromatic nitrogens is 2. The van der Waals surface area contributed by atoms with E-state index in [0.717, 1.165) is 38.5 Å². The fourth-order valence-electron chi connectivity index (χ4n) is 11.1. The molecule has 328 valence electrons. The van der Waals surface area contributed by atoms with E-state index in [4.69, 9.17) is 8.83 Å². The molecule has 0 amide bonds. The summed E-state index contributed by atoms with van der Waals surface area (Å²) in [5, 5.41) is 9.85. The summed E-state index contributed by atoms with van der Waals surface area (Å²) >= 11 is 3.77. The van der Waals surface area contributed by atoms with Gasteiger partial charge in [0.05, 0.1) is 31.5 Å². The molecule has 0 saturated carbocycles. The van der Waals surface area contributed by atoms with Gasteiger partial charge in [0, 0.05) is 63.9 Å². The quantitative estimate of drug-likeness (QED) is 0.176. The van der Waals surface area contributed by atoms with E-state index in [2.05, 4.69) is 221 Å². The van der Waals surface area contributed by atoms with Crippen LogP contribution in [0.2, 0.25) is 0 Å². The van der Waals surface area contributed by atoms with E-state index < -0.39 is 0 Å². The average Bonchev–Trinajstić information content (AvgIpc) is 4.28. The van der Waals surface area contributed by atoms with Crippen LogP contribution in [0.15, 0.2) is 239 Å². The summed E-state index contributed by atoms with van der Waals surface area (Å²) in [6, 6.07) is 81.9. The highest BCUT2D eigenvalue weighted by Gasteiger charge is 2.23. The molecule has 70 heavy (non-hydrogen) atoms. The van der Waals surface area contributed by atoms with Gasteiger partial charge >= 0.3 is 0 Å². The van der Waals surface area contributed by atoms with Gasteiger partial charge in [0.25, 0.3) is 0 Å². The highest BCUT2D eigenvalue weighted by Crippen LogP contribution is 2.49. The average molecular weight is 931 g/mol. The Morgan fingerprint density at radius 3 is 1.37 bits per heavy atom. The Hall–Kier alpha value is -8.68. The first-order valence-corrected chi connectivity index (χ1v) is 25.2. The molecular weight excluding hydrogens is 893 g/mol. The number of benzene rings is 10. The molecule has 0 atom stereocenters. The van der Waals surface area contributed by atoms with Crippen molar-refractivity contribution in [3.05, 3.63) is 231 Å². The van der Waals surface area contributed by atoms with Gasteiger partial charge in [-0.3, -0.25) is 0 Å². The standard InChI is InChI=1S/2C32H19NOS/c1-2-10-20(11-3-1)33-25-16-6-4-12-23(25)32-31(33)30-22(15-9-19-28(30)35-32)21-14-8-18-27-29(21)24-13-5-7-17-26(24)34-27;1-2-9-21(10-3-1)33-26-14-6-4-12-24(26)32-31(33)30-22(13-8-16-29(30)35-32)20-17-18-28-25(19-20)23-11-5-7-15-27(23)34-28/h2*1-19H. The van der Waals surface area contributed by atoms with Crippen LogP contribution in [0.5, 0.6) is 0 Å². The number of furan rings is 2. The third-order valence-electron chi connectivity index (χ3n) is 14.0. The van der Waals surface area contributed by atoms with Gasteiger partial charge in [0.1, 0.15) is 22.3 Å². The van der Waals surface area contributed by atoms with Crippen LogP contribution in [0.3, 0.4) is 0 Å². The van der Waals surface area contributed by atoms with Gasteiger partial charge < -0.3 is 18.0 Å². The number of thiophene rings is 2. The Morgan fingerprint density at radius 2 is 0.743 bits per heavy atom. The zero-order valence-corrected chi connectivity index (χ0v) is 39.1. The van der Waals surface area contributed by atoms with Crippen LogP contribution in [-0.4, -0.2) is 9.13 Å². The highest BCUT2D eigenvalue weighted by molar-refractivity contribution is 7.27. The predicted octanol–water partition coefficient (Wildman–Crippen LogP) is 19.1. The summed E-state index contributed by atoms with van der Waals surface area (Å²) in [5.74, 6) is 0. The van der Waals surface area contributed by atoms with E-state index in [-0.39, 0.29) is 0 Å². The molecule has 16 aromatic rings. The van der Waals surface area contributed by atoms with Crippen molar-refractivity contribution in [3.8, 4) is 33.6 Å². The number of nitrogens with zero attached hydrogens (tertiary/aromatic N) is 2. The van der Waals surface area contributed by atoms with E-state index in [1.54, 1.807) is 0 Å². The minimum Gasteiger partial charge on any atom is -0.456 e. The molecule has 0 radical (unpaired) electrons. The molecular formula is C64H38N2O2S2. The largest absolute Gasteiger partial charge is 0.456 e. The lowest BCUT2D eigenvalue weighted by atomic mass is 9.96. The van der Waals surface area contributed by atoms with Crippen LogP contribution in [-0.2, 0) is 0 Å². The van der Waals surface area contributed by atoms with Crippen LogP contribution in [0.25, 0.3) is 140 Å². The van der Waals surface area contributed by atoms with Crippen LogP contribution < -0.4 is 0 Å². The van der Waals surface area contributed by atoms with Crippen molar-refractivity contribution in [2.45, 2.75) is 0 Å². The SMILES string of the molecule is c1ccc(-n2c3ccccc3c3sc4cccc(-c5ccc6oc7ccccc7c6c5)c4c32)cc1.c1ccc(-n2c3ccccc3c3sc4cccc(-c5cccc6oc7ccccc7c56)c4c32)cc1. The molecule has 0 saturated heterocycles. The monoisotopic (exact) mass is 930 g/mol. The Morgan fingerprint density at radius 1 is 0.300 bits per heavy atom. The summed E-state index contributed by atoms with van der Waals surface area (Å²) in [6.45, 7) is 0. The summed E-state index contributed by atoms with van der Waals surface area (Å²) in [5.41, 5.74) is 16.0. The third-order valence-corrected chi connectivity index (χ3v) is 16.4. The second kappa shape index (κ2) is 15.4. The molecule has 6 aromatic heterocycles. The Kier molecular flexibility index (Phi) is 8.66. The van der Waals surface area contributed by atoms with Crippen molar-refractivity contribution in [2.75, 3.05) is 0 Å². The van der Waals surface area contributed by atoms with Crippen molar-refractivity contribution in [2.24, 2.45) is 0 Å². The maximum Gasteiger partial charge on any atom is 0.136 e. The third kappa shape index (κ3) is 5.81. The zero-order valence-electron chi connectivity index (χ0n) is 37.5. The van der Waals surface area contributed by atoms with Crippen LogP contribution >= 0.6 is 22.7 Å². The van der Waals surface area contributed by atoms with E-state index in [1.165, 1.54) is 101 Å². The number of hydrogen-bond donors (Lipinski definition) is 0. The summed E-state index contributed by atoms with van der Waals surface area (Å²) in [6.07, 6.45) is 0. The van der Waals surface area contributed by atoms with Gasteiger partial charge in [-0.25, -0.2) is 0 Å². The number of para-hydroxylation sites is 6. The maximum atomic E-state index is 6.23. The normalized spacial score (nSPS) is 12.0. The zero-order chi connectivity index (χ0) is 45.9. The summed E-state index contributed by atoms with van der Waals surface area (Å²) < 4.78 is 22.5. The van der Waals surface area contributed by atoms with E-state index in [1.807, 2.05) is 40.9 Å². The van der Waals surface area contributed by atoms with Gasteiger partial charge in [-0.2, -0.15) is 0 Å². The number of fused-ring (bicyclic) bond motifs is 16. The van der Waals surface area contributed by atoms with E-state index >= 15 is 0 Å². The molecule has 0 bridgehead atoms. The molecule has 0 unspecified atom stereocenters. The van der Waals surface area contributed by atoms with Crippen molar-refractivity contribution in [1.29, 1.82) is 0 Å². The van der Waals surface area contributed by atoms with E-state index in [9.17, 15) is 0 Å². The molecule has 0 aliphatic heterocycles. The van der Waals surface area contributed by atoms with Gasteiger partial charge in [0.15, 0.2) is 0 Å². The van der Waals surface area contributed by atoms with Gasteiger partial charge in [-0.15, -0.1) is 22.7 Å². The predicted molar refractivity (Wildman–Crippen MR) is 298 cm³/mol. The first-order valence-electron chi connectivity index (χ1n) is 23.6. The van der Waals surface area contributed by atoms with Crippen molar-refractivity contribution >= 4 is 129 Å². The molecule has 6 heteroatoms. The van der Waals surface area contributed by atoms with Crippen molar-refractivity contribution in [3.63, 3.8) is 0 Å². The van der Waals surface area contributed by atoms with Gasteiger partial charge in [-0.1, -0.05) is 152 Å². The lowest BCUT2D eigenvalue weighted by Gasteiger charge is -2.11. The minimum atomic E-state index is 0.927.